The van der Waals surface area contributed by atoms with Gasteiger partial charge in [-0.2, -0.15) is 0 Å². The van der Waals surface area contributed by atoms with Gasteiger partial charge >= 0.3 is 0 Å². The van der Waals surface area contributed by atoms with Crippen LogP contribution in [-0.2, 0) is 0 Å². The van der Waals surface area contributed by atoms with Crippen molar-refractivity contribution in [2.75, 3.05) is 5.32 Å². The summed E-state index contributed by atoms with van der Waals surface area (Å²) in [6.07, 6.45) is 2.07. The van der Waals surface area contributed by atoms with Crippen LogP contribution in [0.15, 0.2) is 24.3 Å². The second kappa shape index (κ2) is 5.34. The molecule has 0 radical (unpaired) electrons. The van der Waals surface area contributed by atoms with Crippen LogP contribution >= 0.6 is 0 Å². The smallest absolute Gasteiger partial charge is 0.292 e. The lowest BCUT2D eigenvalue weighted by atomic mass is 10.2. The SMILES string of the molecule is CCCC(C)Nc1ccccc1[N+](=O)[O-]. The average Bonchev–Trinajstić information content (AvgIpc) is 2.18. The van der Waals surface area contributed by atoms with E-state index in [2.05, 4.69) is 12.2 Å². The lowest BCUT2D eigenvalue weighted by molar-refractivity contribution is -0.384. The van der Waals surface area contributed by atoms with E-state index in [0.29, 0.717) is 5.69 Å². The maximum atomic E-state index is 10.7. The molecule has 0 bridgehead atoms. The molecule has 0 saturated heterocycles. The quantitative estimate of drug-likeness (QED) is 0.597. The third-order valence-electron chi connectivity index (χ3n) is 2.22. The van der Waals surface area contributed by atoms with E-state index in [1.165, 1.54) is 6.07 Å². The Morgan fingerprint density at radius 1 is 1.47 bits per heavy atom. The maximum Gasteiger partial charge on any atom is 0.292 e. The Morgan fingerprint density at radius 3 is 2.73 bits per heavy atom. The molecule has 4 nitrogen and oxygen atoms in total. The summed E-state index contributed by atoms with van der Waals surface area (Å²) in [6, 6.07) is 6.99. The van der Waals surface area contributed by atoms with Crippen molar-refractivity contribution >= 4 is 11.4 Å². The zero-order valence-electron chi connectivity index (χ0n) is 9.06. The van der Waals surface area contributed by atoms with Gasteiger partial charge in [-0.15, -0.1) is 0 Å². The van der Waals surface area contributed by atoms with Crippen LogP contribution in [0, 0.1) is 10.1 Å². The summed E-state index contributed by atoms with van der Waals surface area (Å²) in [7, 11) is 0. The van der Waals surface area contributed by atoms with Gasteiger partial charge in [0, 0.05) is 12.1 Å². The molecule has 15 heavy (non-hydrogen) atoms. The molecule has 1 unspecified atom stereocenters. The van der Waals surface area contributed by atoms with Gasteiger partial charge in [0.2, 0.25) is 0 Å². The Kier molecular flexibility index (Phi) is 4.09. The summed E-state index contributed by atoms with van der Waals surface area (Å²) >= 11 is 0. The van der Waals surface area contributed by atoms with Crippen LogP contribution in [0.25, 0.3) is 0 Å². The van der Waals surface area contributed by atoms with Crippen molar-refractivity contribution < 1.29 is 4.92 Å². The van der Waals surface area contributed by atoms with Crippen molar-refractivity contribution in [3.8, 4) is 0 Å². The standard InChI is InChI=1S/C11H16N2O2/c1-3-6-9(2)12-10-7-4-5-8-11(10)13(14)15/h4-5,7-9,12H,3,6H2,1-2H3. The molecule has 0 saturated carbocycles. The molecular weight excluding hydrogens is 192 g/mol. The number of rotatable bonds is 5. The van der Waals surface area contributed by atoms with Gasteiger partial charge in [0.15, 0.2) is 0 Å². The van der Waals surface area contributed by atoms with E-state index in [1.807, 2.05) is 6.92 Å². The molecule has 1 atom stereocenters. The highest BCUT2D eigenvalue weighted by atomic mass is 16.6. The first-order valence-corrected chi connectivity index (χ1v) is 5.15. The molecule has 0 aliphatic rings. The Hall–Kier alpha value is -1.58. The van der Waals surface area contributed by atoms with Crippen molar-refractivity contribution in [1.82, 2.24) is 0 Å². The molecule has 82 valence electrons. The first-order chi connectivity index (χ1) is 7.15. The molecule has 1 N–H and O–H groups in total. The van der Waals surface area contributed by atoms with Crippen LogP contribution in [0.4, 0.5) is 11.4 Å². The number of nitro benzene ring substituents is 1. The molecule has 4 heteroatoms. The number of nitro groups is 1. The largest absolute Gasteiger partial charge is 0.377 e. The van der Waals surface area contributed by atoms with E-state index >= 15 is 0 Å². The van der Waals surface area contributed by atoms with Crippen LogP contribution < -0.4 is 5.32 Å². The van der Waals surface area contributed by atoms with Gasteiger partial charge < -0.3 is 5.32 Å². The highest BCUT2D eigenvalue weighted by Crippen LogP contribution is 2.24. The molecule has 1 aromatic rings. The Bertz CT molecular complexity index is 339. The average molecular weight is 208 g/mol. The van der Waals surface area contributed by atoms with Crippen LogP contribution in [-0.4, -0.2) is 11.0 Å². The Balaban J connectivity index is 2.79. The summed E-state index contributed by atoms with van der Waals surface area (Å²) in [5, 5.41) is 13.9. The topological polar surface area (TPSA) is 55.2 Å². The van der Waals surface area contributed by atoms with E-state index in [9.17, 15) is 10.1 Å². The molecule has 0 aromatic heterocycles. The van der Waals surface area contributed by atoms with Crippen molar-refractivity contribution in [2.24, 2.45) is 0 Å². The van der Waals surface area contributed by atoms with E-state index in [0.717, 1.165) is 12.8 Å². The summed E-state index contributed by atoms with van der Waals surface area (Å²) in [4.78, 5) is 10.4. The molecule has 1 rings (SSSR count). The molecule has 0 amide bonds. The summed E-state index contributed by atoms with van der Waals surface area (Å²) in [6.45, 7) is 4.12. The fourth-order valence-electron chi connectivity index (χ4n) is 1.53. The van der Waals surface area contributed by atoms with Gasteiger partial charge in [-0.05, 0) is 19.4 Å². The summed E-state index contributed by atoms with van der Waals surface area (Å²) < 4.78 is 0. The zero-order valence-corrected chi connectivity index (χ0v) is 9.06. The van der Waals surface area contributed by atoms with Crippen molar-refractivity contribution in [3.63, 3.8) is 0 Å². The Morgan fingerprint density at radius 2 is 2.13 bits per heavy atom. The highest BCUT2D eigenvalue weighted by molar-refractivity contribution is 5.61. The predicted octanol–water partition coefficient (Wildman–Crippen LogP) is 3.20. The number of hydrogen-bond donors (Lipinski definition) is 1. The second-order valence-electron chi connectivity index (χ2n) is 3.61. The van der Waals surface area contributed by atoms with Gasteiger partial charge in [0.25, 0.3) is 5.69 Å². The molecule has 0 aliphatic heterocycles. The number of nitrogens with one attached hydrogen (secondary N) is 1. The fraction of sp³-hybridized carbons (Fsp3) is 0.455. The van der Waals surface area contributed by atoms with Crippen molar-refractivity contribution in [3.05, 3.63) is 34.4 Å². The van der Waals surface area contributed by atoms with Gasteiger partial charge in [-0.1, -0.05) is 25.5 Å². The normalized spacial score (nSPS) is 12.1. The van der Waals surface area contributed by atoms with E-state index in [1.54, 1.807) is 18.2 Å². The maximum absolute atomic E-state index is 10.7. The van der Waals surface area contributed by atoms with Crippen LogP contribution in [0.1, 0.15) is 26.7 Å². The lowest BCUT2D eigenvalue weighted by Gasteiger charge is -2.13. The number of anilines is 1. The minimum atomic E-state index is -0.360. The molecule has 0 heterocycles. The molecule has 0 fully saturated rings. The van der Waals surface area contributed by atoms with E-state index in [4.69, 9.17) is 0 Å². The molecule has 1 aromatic carbocycles. The van der Waals surface area contributed by atoms with Crippen molar-refractivity contribution in [1.29, 1.82) is 0 Å². The minimum Gasteiger partial charge on any atom is -0.377 e. The van der Waals surface area contributed by atoms with E-state index in [-0.39, 0.29) is 16.7 Å². The van der Waals surface area contributed by atoms with Crippen LogP contribution in [0.5, 0.6) is 0 Å². The third-order valence-corrected chi connectivity index (χ3v) is 2.22. The number of para-hydroxylation sites is 2. The number of benzene rings is 1. The minimum absolute atomic E-state index is 0.139. The van der Waals surface area contributed by atoms with Crippen LogP contribution in [0.3, 0.4) is 0 Å². The fourth-order valence-corrected chi connectivity index (χ4v) is 1.53. The van der Waals surface area contributed by atoms with Gasteiger partial charge in [-0.25, -0.2) is 0 Å². The summed E-state index contributed by atoms with van der Waals surface area (Å²) in [5.74, 6) is 0. The summed E-state index contributed by atoms with van der Waals surface area (Å²) in [5.41, 5.74) is 0.740. The molecule has 0 spiro atoms. The first-order valence-electron chi connectivity index (χ1n) is 5.15. The van der Waals surface area contributed by atoms with Gasteiger partial charge in [0.05, 0.1) is 4.92 Å². The second-order valence-corrected chi connectivity index (χ2v) is 3.61. The first kappa shape index (κ1) is 11.5. The highest BCUT2D eigenvalue weighted by Gasteiger charge is 2.13. The third kappa shape index (κ3) is 3.23. The van der Waals surface area contributed by atoms with Gasteiger partial charge in [-0.3, -0.25) is 10.1 Å². The predicted molar refractivity (Wildman–Crippen MR) is 61.1 cm³/mol. The van der Waals surface area contributed by atoms with Crippen LogP contribution in [0.2, 0.25) is 0 Å². The monoisotopic (exact) mass is 208 g/mol. The molecule has 0 aliphatic carbocycles. The zero-order chi connectivity index (χ0) is 11.3. The lowest BCUT2D eigenvalue weighted by Crippen LogP contribution is -2.15. The Labute approximate surface area is 89.5 Å². The van der Waals surface area contributed by atoms with E-state index < -0.39 is 0 Å². The van der Waals surface area contributed by atoms with Crippen molar-refractivity contribution in [2.45, 2.75) is 32.7 Å². The number of nitrogens with zero attached hydrogens (tertiary/aromatic N) is 1. The van der Waals surface area contributed by atoms with Gasteiger partial charge in [0.1, 0.15) is 5.69 Å². The molecular formula is C11H16N2O2. The number of hydrogen-bond acceptors (Lipinski definition) is 3.